The molecule has 70 valence electrons. The lowest BCUT2D eigenvalue weighted by Crippen LogP contribution is -2.23. The van der Waals surface area contributed by atoms with Crippen molar-refractivity contribution >= 4 is 0 Å². The number of allylic oxidation sites excluding steroid dienone is 1. The fourth-order valence-electron chi connectivity index (χ4n) is 1.30. The molecule has 0 spiro atoms. The highest BCUT2D eigenvalue weighted by Gasteiger charge is 2.22. The second kappa shape index (κ2) is 4.51. The van der Waals surface area contributed by atoms with Gasteiger partial charge in [-0.2, -0.15) is 0 Å². The molecule has 0 aromatic carbocycles. The largest absolute Gasteiger partial charge is 0.496 e. The second-order valence-corrected chi connectivity index (χ2v) is 3.59. The lowest BCUT2D eigenvalue weighted by Gasteiger charge is -2.17. The number of ether oxygens (including phenoxy) is 2. The molecule has 0 aromatic heterocycles. The van der Waals surface area contributed by atoms with Gasteiger partial charge in [-0.25, -0.2) is 0 Å². The van der Waals surface area contributed by atoms with Crippen LogP contribution in [-0.4, -0.2) is 18.8 Å². The summed E-state index contributed by atoms with van der Waals surface area (Å²) in [7, 11) is 0. The van der Waals surface area contributed by atoms with Gasteiger partial charge in [-0.15, -0.1) is 0 Å². The topological polar surface area (TPSA) is 18.5 Å². The Kier molecular flexibility index (Phi) is 3.60. The Morgan fingerprint density at radius 1 is 1.58 bits per heavy atom. The zero-order valence-electron chi connectivity index (χ0n) is 8.17. The van der Waals surface area contributed by atoms with Gasteiger partial charge in [0.2, 0.25) is 0 Å². The molecule has 0 aliphatic carbocycles. The van der Waals surface area contributed by atoms with Crippen LogP contribution in [0.1, 0.15) is 33.6 Å². The lowest BCUT2D eigenvalue weighted by atomic mass is 10.1. The van der Waals surface area contributed by atoms with Crippen LogP contribution < -0.4 is 0 Å². The molecule has 0 N–H and O–H groups in total. The second-order valence-electron chi connectivity index (χ2n) is 3.59. The van der Waals surface area contributed by atoms with E-state index in [1.165, 1.54) is 12.0 Å². The molecule has 0 aromatic rings. The third kappa shape index (κ3) is 2.86. The maximum absolute atomic E-state index is 5.50. The van der Waals surface area contributed by atoms with Crippen molar-refractivity contribution in [3.05, 3.63) is 11.8 Å². The molecular formula is C10H18O2. The monoisotopic (exact) mass is 170 g/mol. The average Bonchev–Trinajstić information content (AvgIpc) is 2.51. The molecule has 2 nitrogen and oxygen atoms in total. The van der Waals surface area contributed by atoms with Crippen LogP contribution in [0.4, 0.5) is 0 Å². The van der Waals surface area contributed by atoms with Crippen LogP contribution >= 0.6 is 0 Å². The molecule has 0 amide bonds. The Morgan fingerprint density at radius 3 is 2.83 bits per heavy atom. The molecule has 2 unspecified atom stereocenters. The van der Waals surface area contributed by atoms with E-state index in [1.54, 1.807) is 0 Å². The predicted octanol–water partition coefficient (Wildman–Crippen LogP) is 2.49. The van der Waals surface area contributed by atoms with Crippen LogP contribution in [0.2, 0.25) is 0 Å². The standard InChI is InChI=1S/C10H18O2/c1-8(2)7-12-9(3)10-5-4-6-11-10/h7,9-10H,4-6H2,1-3H3. The number of rotatable bonds is 3. The quantitative estimate of drug-likeness (QED) is 0.606. The van der Waals surface area contributed by atoms with Gasteiger partial charge in [-0.1, -0.05) is 0 Å². The van der Waals surface area contributed by atoms with E-state index in [1.807, 2.05) is 20.1 Å². The Hall–Kier alpha value is -0.500. The van der Waals surface area contributed by atoms with Gasteiger partial charge < -0.3 is 9.47 Å². The van der Waals surface area contributed by atoms with Crippen LogP contribution in [0.25, 0.3) is 0 Å². The third-order valence-electron chi connectivity index (χ3n) is 2.01. The molecule has 0 bridgehead atoms. The maximum atomic E-state index is 5.50. The van der Waals surface area contributed by atoms with E-state index >= 15 is 0 Å². The zero-order valence-corrected chi connectivity index (χ0v) is 8.17. The van der Waals surface area contributed by atoms with Crippen LogP contribution in [-0.2, 0) is 9.47 Å². The first kappa shape index (κ1) is 9.59. The fraction of sp³-hybridized carbons (Fsp3) is 0.800. The molecule has 1 rings (SSSR count). The minimum Gasteiger partial charge on any atom is -0.496 e. The molecular weight excluding hydrogens is 152 g/mol. The van der Waals surface area contributed by atoms with Crippen molar-refractivity contribution < 1.29 is 9.47 Å². The summed E-state index contributed by atoms with van der Waals surface area (Å²) in [5, 5.41) is 0. The van der Waals surface area contributed by atoms with E-state index in [2.05, 4.69) is 6.92 Å². The molecule has 1 heterocycles. The smallest absolute Gasteiger partial charge is 0.121 e. The van der Waals surface area contributed by atoms with Crippen LogP contribution in [0.5, 0.6) is 0 Å². The molecule has 1 fully saturated rings. The highest BCUT2D eigenvalue weighted by molar-refractivity contribution is 4.87. The normalized spacial score (nSPS) is 25.1. The van der Waals surface area contributed by atoms with E-state index in [0.717, 1.165) is 13.0 Å². The van der Waals surface area contributed by atoms with Crippen LogP contribution in [0, 0.1) is 0 Å². The zero-order chi connectivity index (χ0) is 8.97. The van der Waals surface area contributed by atoms with Crippen LogP contribution in [0.15, 0.2) is 11.8 Å². The highest BCUT2D eigenvalue weighted by atomic mass is 16.5. The van der Waals surface area contributed by atoms with Crippen molar-refractivity contribution in [3.8, 4) is 0 Å². The van der Waals surface area contributed by atoms with Gasteiger partial charge in [0.25, 0.3) is 0 Å². The Balaban J connectivity index is 2.27. The van der Waals surface area contributed by atoms with E-state index in [0.29, 0.717) is 6.10 Å². The first-order valence-corrected chi connectivity index (χ1v) is 4.60. The van der Waals surface area contributed by atoms with Crippen molar-refractivity contribution in [3.63, 3.8) is 0 Å². The highest BCUT2D eigenvalue weighted by Crippen LogP contribution is 2.17. The van der Waals surface area contributed by atoms with Crippen molar-refractivity contribution in [2.24, 2.45) is 0 Å². The summed E-state index contributed by atoms with van der Waals surface area (Å²) in [5.41, 5.74) is 1.19. The fourth-order valence-corrected chi connectivity index (χ4v) is 1.30. The van der Waals surface area contributed by atoms with E-state index in [9.17, 15) is 0 Å². The van der Waals surface area contributed by atoms with Gasteiger partial charge in [-0.3, -0.25) is 0 Å². The molecule has 1 aliphatic heterocycles. The Morgan fingerprint density at radius 2 is 2.33 bits per heavy atom. The van der Waals surface area contributed by atoms with Gasteiger partial charge in [0.05, 0.1) is 12.4 Å². The van der Waals surface area contributed by atoms with Crippen molar-refractivity contribution in [1.29, 1.82) is 0 Å². The summed E-state index contributed by atoms with van der Waals surface area (Å²) < 4.78 is 11.0. The van der Waals surface area contributed by atoms with Gasteiger partial charge >= 0.3 is 0 Å². The van der Waals surface area contributed by atoms with E-state index in [4.69, 9.17) is 9.47 Å². The Bertz CT molecular complexity index is 153. The number of hydrogen-bond acceptors (Lipinski definition) is 2. The molecule has 0 saturated carbocycles. The van der Waals surface area contributed by atoms with E-state index in [-0.39, 0.29) is 6.10 Å². The maximum Gasteiger partial charge on any atom is 0.121 e. The first-order valence-electron chi connectivity index (χ1n) is 4.60. The van der Waals surface area contributed by atoms with Gasteiger partial charge in [0.1, 0.15) is 6.10 Å². The predicted molar refractivity (Wildman–Crippen MR) is 49.0 cm³/mol. The number of hydrogen-bond donors (Lipinski definition) is 0. The average molecular weight is 170 g/mol. The Labute approximate surface area is 74.6 Å². The van der Waals surface area contributed by atoms with Crippen molar-refractivity contribution in [2.75, 3.05) is 6.61 Å². The molecule has 2 heteroatoms. The van der Waals surface area contributed by atoms with Crippen molar-refractivity contribution in [2.45, 2.75) is 45.8 Å². The molecule has 12 heavy (non-hydrogen) atoms. The SMILES string of the molecule is CC(C)=COC(C)C1CCCO1. The summed E-state index contributed by atoms with van der Waals surface area (Å²) in [6.07, 6.45) is 4.63. The third-order valence-corrected chi connectivity index (χ3v) is 2.01. The molecule has 1 aliphatic rings. The van der Waals surface area contributed by atoms with Gasteiger partial charge in [0.15, 0.2) is 0 Å². The van der Waals surface area contributed by atoms with Crippen molar-refractivity contribution in [1.82, 2.24) is 0 Å². The molecule has 1 saturated heterocycles. The molecule has 2 atom stereocenters. The van der Waals surface area contributed by atoms with Gasteiger partial charge in [-0.05, 0) is 39.2 Å². The van der Waals surface area contributed by atoms with Crippen LogP contribution in [0.3, 0.4) is 0 Å². The van der Waals surface area contributed by atoms with E-state index < -0.39 is 0 Å². The summed E-state index contributed by atoms with van der Waals surface area (Å²) in [5.74, 6) is 0. The minimum atomic E-state index is 0.197. The summed E-state index contributed by atoms with van der Waals surface area (Å²) in [6.45, 7) is 7.02. The summed E-state index contributed by atoms with van der Waals surface area (Å²) in [6, 6.07) is 0. The minimum absolute atomic E-state index is 0.197. The molecule has 0 radical (unpaired) electrons. The summed E-state index contributed by atoms with van der Waals surface area (Å²) in [4.78, 5) is 0. The first-order chi connectivity index (χ1) is 5.70. The lowest BCUT2D eigenvalue weighted by molar-refractivity contribution is -0.000360. The summed E-state index contributed by atoms with van der Waals surface area (Å²) >= 11 is 0. The van der Waals surface area contributed by atoms with Gasteiger partial charge in [0, 0.05) is 6.61 Å².